The van der Waals surface area contributed by atoms with Gasteiger partial charge in [-0.25, -0.2) is 9.66 Å². The Hall–Kier alpha value is -2.92. The van der Waals surface area contributed by atoms with Crippen LogP contribution < -0.4 is 5.43 Å². The van der Waals surface area contributed by atoms with E-state index >= 15 is 0 Å². The Morgan fingerprint density at radius 1 is 1.04 bits per heavy atom. The molecule has 1 aliphatic rings. The first-order chi connectivity index (χ1) is 12.3. The maximum absolute atomic E-state index is 12.7. The summed E-state index contributed by atoms with van der Waals surface area (Å²) < 4.78 is 1.68. The highest BCUT2D eigenvalue weighted by molar-refractivity contribution is 7.17. The zero-order valence-corrected chi connectivity index (χ0v) is 14.2. The Morgan fingerprint density at radius 3 is 2.80 bits per heavy atom. The molecule has 122 valence electrons. The monoisotopic (exact) mass is 345 g/mol. The van der Waals surface area contributed by atoms with Gasteiger partial charge in [0.2, 0.25) is 0 Å². The van der Waals surface area contributed by atoms with Gasteiger partial charge in [-0.15, -0.1) is 11.3 Å². The van der Waals surface area contributed by atoms with E-state index in [9.17, 15) is 4.79 Å². The van der Waals surface area contributed by atoms with E-state index in [1.807, 2.05) is 30.3 Å². The summed E-state index contributed by atoms with van der Waals surface area (Å²) in [4.78, 5) is 19.0. The lowest BCUT2D eigenvalue weighted by atomic mass is 9.91. The molecule has 0 fully saturated rings. The first-order valence-corrected chi connectivity index (χ1v) is 9.06. The Morgan fingerprint density at radius 2 is 1.84 bits per heavy atom. The quantitative estimate of drug-likeness (QED) is 0.590. The Balaban J connectivity index is 1.49. The van der Waals surface area contributed by atoms with Crippen LogP contribution in [0.1, 0.15) is 20.8 Å². The zero-order chi connectivity index (χ0) is 16.8. The standard InChI is InChI=1S/C20H15N3OS/c24-20(22-23-12-21-16-7-3-4-8-17(16)23)18-11-14-10-9-13-5-1-2-6-15(13)19(14)25-18/h1-8,11-12H,9-10H2,(H,22,24). The molecule has 0 saturated carbocycles. The summed E-state index contributed by atoms with van der Waals surface area (Å²) in [7, 11) is 0. The van der Waals surface area contributed by atoms with Crippen LogP contribution in [0.25, 0.3) is 21.5 Å². The molecule has 0 radical (unpaired) electrons. The van der Waals surface area contributed by atoms with Crippen LogP contribution in [0.3, 0.4) is 0 Å². The van der Waals surface area contributed by atoms with Crippen molar-refractivity contribution >= 4 is 28.3 Å². The minimum Gasteiger partial charge on any atom is -0.266 e. The van der Waals surface area contributed by atoms with Crippen LogP contribution in [0.15, 0.2) is 60.9 Å². The van der Waals surface area contributed by atoms with Gasteiger partial charge in [0, 0.05) is 4.88 Å². The van der Waals surface area contributed by atoms with Crippen LogP contribution in [-0.2, 0) is 12.8 Å². The average Bonchev–Trinajstić information content (AvgIpc) is 3.26. The third-order valence-corrected chi connectivity index (χ3v) is 5.84. The van der Waals surface area contributed by atoms with Gasteiger partial charge < -0.3 is 0 Å². The number of hydrogen-bond acceptors (Lipinski definition) is 3. The molecule has 0 unspecified atom stereocenters. The fourth-order valence-corrected chi connectivity index (χ4v) is 4.56. The van der Waals surface area contributed by atoms with Crippen LogP contribution in [0, 0.1) is 0 Å². The van der Waals surface area contributed by atoms with Crippen molar-refractivity contribution in [2.24, 2.45) is 0 Å². The first-order valence-electron chi connectivity index (χ1n) is 8.24. The number of carbonyl (C=O) groups excluding carboxylic acids is 1. The third kappa shape index (κ3) is 2.36. The lowest BCUT2D eigenvalue weighted by Gasteiger charge is -2.15. The molecule has 0 spiro atoms. The van der Waals surface area contributed by atoms with Crippen molar-refractivity contribution in [2.75, 3.05) is 5.43 Å². The van der Waals surface area contributed by atoms with Crippen molar-refractivity contribution in [3.8, 4) is 10.4 Å². The largest absolute Gasteiger partial charge is 0.280 e. The van der Waals surface area contributed by atoms with Crippen molar-refractivity contribution < 1.29 is 4.79 Å². The van der Waals surface area contributed by atoms with Crippen LogP contribution in [0.2, 0.25) is 0 Å². The number of nitrogens with one attached hydrogen (secondary N) is 1. The van der Waals surface area contributed by atoms with Crippen molar-refractivity contribution in [3.63, 3.8) is 0 Å². The van der Waals surface area contributed by atoms with Crippen LogP contribution in [0.4, 0.5) is 0 Å². The molecule has 0 saturated heterocycles. The zero-order valence-electron chi connectivity index (χ0n) is 13.4. The maximum atomic E-state index is 12.7. The third-order valence-electron chi connectivity index (χ3n) is 4.63. The van der Waals surface area contributed by atoms with E-state index in [0.717, 1.165) is 28.8 Å². The second-order valence-corrected chi connectivity index (χ2v) is 7.22. The van der Waals surface area contributed by atoms with Crippen LogP contribution >= 0.6 is 11.3 Å². The summed E-state index contributed by atoms with van der Waals surface area (Å²) in [5.74, 6) is -0.0972. The molecule has 2 aromatic carbocycles. The van der Waals surface area contributed by atoms with Crippen LogP contribution in [-0.4, -0.2) is 15.6 Å². The molecule has 0 atom stereocenters. The van der Waals surface area contributed by atoms with Gasteiger partial charge in [0.15, 0.2) is 0 Å². The van der Waals surface area contributed by atoms with E-state index in [0.29, 0.717) is 0 Å². The average molecular weight is 345 g/mol. The fraction of sp³-hybridized carbons (Fsp3) is 0.100. The van der Waals surface area contributed by atoms with Gasteiger partial charge >= 0.3 is 0 Å². The number of benzene rings is 2. The van der Waals surface area contributed by atoms with Gasteiger partial charge in [-0.3, -0.25) is 10.2 Å². The van der Waals surface area contributed by atoms with Gasteiger partial charge in [-0.05, 0) is 47.7 Å². The molecule has 25 heavy (non-hydrogen) atoms. The number of amides is 1. The molecule has 0 aliphatic heterocycles. The smallest absolute Gasteiger partial charge is 0.266 e. The Kier molecular flexibility index (Phi) is 3.21. The number of aryl methyl sites for hydroxylation is 2. The van der Waals surface area contributed by atoms with E-state index in [1.54, 1.807) is 22.3 Å². The number of rotatable bonds is 2. The predicted molar refractivity (Wildman–Crippen MR) is 101 cm³/mol. The number of hydrogen-bond donors (Lipinski definition) is 1. The molecule has 5 heteroatoms. The summed E-state index contributed by atoms with van der Waals surface area (Å²) >= 11 is 1.57. The lowest BCUT2D eigenvalue weighted by molar-refractivity contribution is 0.101. The Bertz CT molecular complexity index is 1110. The summed E-state index contributed by atoms with van der Waals surface area (Å²) in [5.41, 5.74) is 8.59. The van der Waals surface area contributed by atoms with Crippen molar-refractivity contribution in [3.05, 3.63) is 76.9 Å². The number of carbonyl (C=O) groups is 1. The van der Waals surface area contributed by atoms with E-state index in [4.69, 9.17) is 0 Å². The predicted octanol–water partition coefficient (Wildman–Crippen LogP) is 4.25. The number of thiophene rings is 1. The SMILES string of the molecule is O=C(Nn1cnc2ccccc21)c1cc2c(s1)-c1ccccc1CC2. The number of nitrogens with zero attached hydrogens (tertiary/aromatic N) is 2. The molecule has 5 rings (SSSR count). The fourth-order valence-electron chi connectivity index (χ4n) is 3.40. The molecular formula is C20H15N3OS. The molecule has 1 N–H and O–H groups in total. The molecular weight excluding hydrogens is 330 g/mol. The van der Waals surface area contributed by atoms with Gasteiger partial charge in [-0.1, -0.05) is 36.4 Å². The summed E-state index contributed by atoms with van der Waals surface area (Å²) in [5, 5.41) is 0. The number of fused-ring (bicyclic) bond motifs is 4. The molecule has 0 bridgehead atoms. The molecule has 2 aromatic heterocycles. The summed E-state index contributed by atoms with van der Waals surface area (Å²) in [6, 6.07) is 18.2. The van der Waals surface area contributed by atoms with Crippen molar-refractivity contribution in [2.45, 2.75) is 12.8 Å². The number of imidazole rings is 1. The summed E-state index contributed by atoms with van der Waals surface area (Å²) in [6.07, 6.45) is 3.67. The van der Waals surface area contributed by atoms with E-state index in [2.05, 4.69) is 34.7 Å². The van der Waals surface area contributed by atoms with Crippen LogP contribution in [0.5, 0.6) is 0 Å². The van der Waals surface area contributed by atoms with E-state index in [-0.39, 0.29) is 5.91 Å². The first kappa shape index (κ1) is 14.4. The summed E-state index contributed by atoms with van der Waals surface area (Å²) in [6.45, 7) is 0. The topological polar surface area (TPSA) is 46.9 Å². The molecule has 2 heterocycles. The molecule has 1 aliphatic carbocycles. The van der Waals surface area contributed by atoms with Crippen molar-refractivity contribution in [1.82, 2.24) is 9.66 Å². The van der Waals surface area contributed by atoms with Gasteiger partial charge in [0.25, 0.3) is 5.91 Å². The molecule has 4 nitrogen and oxygen atoms in total. The molecule has 1 amide bonds. The second-order valence-electron chi connectivity index (χ2n) is 6.17. The Labute approximate surface area is 148 Å². The number of para-hydroxylation sites is 2. The highest BCUT2D eigenvalue weighted by atomic mass is 32.1. The van der Waals surface area contributed by atoms with Gasteiger partial charge in [-0.2, -0.15) is 0 Å². The van der Waals surface area contributed by atoms with E-state index in [1.165, 1.54) is 21.6 Å². The normalized spacial score (nSPS) is 12.6. The second kappa shape index (κ2) is 5.57. The van der Waals surface area contributed by atoms with E-state index < -0.39 is 0 Å². The molecule has 4 aromatic rings. The minimum absolute atomic E-state index is 0.0972. The maximum Gasteiger partial charge on any atom is 0.280 e. The minimum atomic E-state index is -0.0972. The highest BCUT2D eigenvalue weighted by Crippen LogP contribution is 2.39. The van der Waals surface area contributed by atoms with Gasteiger partial charge in [0.05, 0.1) is 15.9 Å². The highest BCUT2D eigenvalue weighted by Gasteiger charge is 2.21. The van der Waals surface area contributed by atoms with Gasteiger partial charge in [0.1, 0.15) is 6.33 Å². The van der Waals surface area contributed by atoms with Crippen molar-refractivity contribution in [1.29, 1.82) is 0 Å². The number of aromatic nitrogens is 2. The lowest BCUT2D eigenvalue weighted by Crippen LogP contribution is -2.21.